The fourth-order valence-electron chi connectivity index (χ4n) is 3.14. The maximum Gasteiger partial charge on any atom is 0.411 e. The van der Waals surface area contributed by atoms with Gasteiger partial charge in [-0.2, -0.15) is 13.2 Å². The van der Waals surface area contributed by atoms with Gasteiger partial charge in [0.15, 0.2) is 5.78 Å². The number of hydrogen-bond donors (Lipinski definition) is 3. The van der Waals surface area contributed by atoms with Crippen LogP contribution >= 0.6 is 0 Å². The van der Waals surface area contributed by atoms with Crippen molar-refractivity contribution in [2.24, 2.45) is 10.8 Å². The maximum absolute atomic E-state index is 13.9. The number of hydrogen-bond acceptors (Lipinski definition) is 6. The van der Waals surface area contributed by atoms with Gasteiger partial charge in [0.25, 0.3) is 5.91 Å². The van der Waals surface area contributed by atoms with Gasteiger partial charge in [-0.3, -0.25) is 19.8 Å². The molecule has 4 atom stereocenters. The number of carbonyl (C=O) groups excluding carboxylic acids is 3. The summed E-state index contributed by atoms with van der Waals surface area (Å²) < 4.78 is 46.9. The molecule has 2 aliphatic rings. The molecule has 2 heterocycles. The Bertz CT molecular complexity index is 617. The molecule has 148 valence electrons. The van der Waals surface area contributed by atoms with Gasteiger partial charge < -0.3 is 14.9 Å². The maximum atomic E-state index is 13.9. The molecule has 2 fully saturated rings. The van der Waals surface area contributed by atoms with Crippen LogP contribution in [-0.4, -0.2) is 70.6 Å². The van der Waals surface area contributed by atoms with Crippen molar-refractivity contribution < 1.29 is 42.5 Å². The summed E-state index contributed by atoms with van der Waals surface area (Å²) in [5, 5.41) is 20.4. The van der Waals surface area contributed by atoms with Gasteiger partial charge in [-0.05, 0) is 0 Å². The van der Waals surface area contributed by atoms with Crippen molar-refractivity contribution in [3.8, 4) is 0 Å². The van der Waals surface area contributed by atoms with Gasteiger partial charge in [0.05, 0.1) is 19.3 Å². The van der Waals surface area contributed by atoms with E-state index < -0.39 is 66.3 Å². The van der Waals surface area contributed by atoms with Crippen molar-refractivity contribution in [3.63, 3.8) is 0 Å². The van der Waals surface area contributed by atoms with Gasteiger partial charge >= 0.3 is 12.2 Å². The summed E-state index contributed by atoms with van der Waals surface area (Å²) in [6, 6.07) is -1.16. The number of nitrogens with one attached hydrogen (secondary N) is 1. The van der Waals surface area contributed by atoms with Crippen LogP contribution in [0.2, 0.25) is 0 Å². The standard InChI is InChI=1S/C15H21F3N2O6/c1-13(2,3)10(23)14(15(16,17)18)6-20(12(25)19-11(14)24)9-4-7(22)8(5-21)26-9/h7-9,21-22H,4-6H2,1-3H3,(H,19,24,25)/t7-,8+,9+,14?/m0/s1. The van der Waals surface area contributed by atoms with Crippen LogP contribution in [0.15, 0.2) is 0 Å². The molecule has 0 saturated carbocycles. The smallest absolute Gasteiger partial charge is 0.394 e. The molecule has 0 bridgehead atoms. The first-order valence-electron chi connectivity index (χ1n) is 7.93. The van der Waals surface area contributed by atoms with E-state index in [1.807, 2.05) is 0 Å². The fraction of sp³-hybridized carbons (Fsp3) is 0.800. The van der Waals surface area contributed by atoms with Gasteiger partial charge in [0.1, 0.15) is 12.3 Å². The third-order valence-corrected chi connectivity index (χ3v) is 4.56. The summed E-state index contributed by atoms with van der Waals surface area (Å²) in [5.41, 5.74) is -4.96. The lowest BCUT2D eigenvalue weighted by Gasteiger charge is -2.44. The monoisotopic (exact) mass is 382 g/mol. The lowest BCUT2D eigenvalue weighted by molar-refractivity contribution is -0.231. The van der Waals surface area contributed by atoms with Crippen molar-refractivity contribution in [2.75, 3.05) is 13.2 Å². The zero-order chi connectivity index (χ0) is 20.1. The van der Waals surface area contributed by atoms with Crippen molar-refractivity contribution >= 4 is 17.7 Å². The molecule has 0 aromatic heterocycles. The highest BCUT2D eigenvalue weighted by atomic mass is 19.4. The highest BCUT2D eigenvalue weighted by molar-refractivity contribution is 6.15. The number of ether oxygens (including phenoxy) is 1. The summed E-state index contributed by atoms with van der Waals surface area (Å²) in [4.78, 5) is 37.4. The average molecular weight is 382 g/mol. The number of nitrogens with zero attached hydrogens (tertiary/aromatic N) is 1. The van der Waals surface area contributed by atoms with Crippen molar-refractivity contribution in [1.29, 1.82) is 0 Å². The normalized spacial score (nSPS) is 33.4. The first-order chi connectivity index (χ1) is 11.8. The third kappa shape index (κ3) is 3.19. The Labute approximate surface area is 147 Å². The molecule has 2 rings (SSSR count). The van der Waals surface area contributed by atoms with E-state index in [9.17, 15) is 32.7 Å². The summed E-state index contributed by atoms with van der Waals surface area (Å²) >= 11 is 0. The Morgan fingerprint density at radius 2 is 1.92 bits per heavy atom. The zero-order valence-corrected chi connectivity index (χ0v) is 14.5. The predicted molar refractivity (Wildman–Crippen MR) is 79.6 cm³/mol. The molecular formula is C15H21F3N2O6. The second-order valence-electron chi connectivity index (χ2n) is 7.48. The molecule has 0 aromatic carbocycles. The van der Waals surface area contributed by atoms with Crippen molar-refractivity contribution in [1.82, 2.24) is 10.2 Å². The van der Waals surface area contributed by atoms with Crippen LogP contribution in [0.25, 0.3) is 0 Å². The second kappa shape index (κ2) is 6.46. The van der Waals surface area contributed by atoms with E-state index >= 15 is 0 Å². The molecule has 1 unspecified atom stereocenters. The highest BCUT2D eigenvalue weighted by Crippen LogP contribution is 2.46. The molecule has 2 saturated heterocycles. The number of urea groups is 1. The van der Waals surface area contributed by atoms with Gasteiger partial charge in [0, 0.05) is 11.8 Å². The van der Waals surface area contributed by atoms with Gasteiger partial charge in [-0.1, -0.05) is 20.8 Å². The predicted octanol–water partition coefficient (Wildman–Crippen LogP) is 0.170. The third-order valence-electron chi connectivity index (χ3n) is 4.56. The minimum atomic E-state index is -5.26. The van der Waals surface area contributed by atoms with Crippen LogP contribution < -0.4 is 5.32 Å². The Hall–Kier alpha value is -1.72. The lowest BCUT2D eigenvalue weighted by atomic mass is 9.70. The van der Waals surface area contributed by atoms with Crippen molar-refractivity contribution in [2.45, 2.75) is 51.8 Å². The largest absolute Gasteiger partial charge is 0.411 e. The van der Waals surface area contributed by atoms with Gasteiger partial charge in [-0.25, -0.2) is 4.79 Å². The van der Waals surface area contributed by atoms with Crippen LogP contribution in [0.3, 0.4) is 0 Å². The number of halogens is 3. The summed E-state index contributed by atoms with van der Waals surface area (Å²) in [5.74, 6) is -3.12. The quantitative estimate of drug-likeness (QED) is 0.600. The molecule has 11 heteroatoms. The molecule has 0 radical (unpaired) electrons. The topological polar surface area (TPSA) is 116 Å². The Balaban J connectivity index is 2.45. The number of imide groups is 1. The highest BCUT2D eigenvalue weighted by Gasteiger charge is 2.70. The van der Waals surface area contributed by atoms with Crippen LogP contribution in [-0.2, 0) is 14.3 Å². The number of Topliss-reactive ketones (excluding diaryl/α,β-unsaturated/α-hetero) is 1. The first kappa shape index (κ1) is 20.6. The Morgan fingerprint density at radius 3 is 2.35 bits per heavy atom. The summed E-state index contributed by atoms with van der Waals surface area (Å²) in [6.07, 6.45) is -9.11. The lowest BCUT2D eigenvalue weighted by Crippen LogP contribution is -2.71. The average Bonchev–Trinajstić information content (AvgIpc) is 2.85. The van der Waals surface area contributed by atoms with Crippen LogP contribution in [0.4, 0.5) is 18.0 Å². The van der Waals surface area contributed by atoms with E-state index in [4.69, 9.17) is 9.84 Å². The van der Waals surface area contributed by atoms with Gasteiger partial charge in [-0.15, -0.1) is 0 Å². The van der Waals surface area contributed by atoms with E-state index in [1.165, 1.54) is 20.8 Å². The summed E-state index contributed by atoms with van der Waals surface area (Å²) in [6.45, 7) is 1.88. The molecule has 0 spiro atoms. The zero-order valence-electron chi connectivity index (χ0n) is 14.5. The minimum Gasteiger partial charge on any atom is -0.394 e. The molecule has 8 nitrogen and oxygen atoms in total. The van der Waals surface area contributed by atoms with E-state index in [-0.39, 0.29) is 6.42 Å². The Kier molecular flexibility index (Phi) is 5.12. The summed E-state index contributed by atoms with van der Waals surface area (Å²) in [7, 11) is 0. The number of alkyl halides is 3. The first-order valence-corrected chi connectivity index (χ1v) is 7.93. The Morgan fingerprint density at radius 1 is 1.35 bits per heavy atom. The molecule has 3 N–H and O–H groups in total. The van der Waals surface area contributed by atoms with E-state index in [1.54, 1.807) is 5.32 Å². The SMILES string of the molecule is CC(C)(C)C(=O)C1(C(F)(F)F)CN([C@H]2C[C@H](O)[C@@H](CO)O2)C(=O)NC1=O. The number of rotatable bonds is 3. The number of amides is 3. The van der Waals surface area contributed by atoms with Crippen LogP contribution in [0.1, 0.15) is 27.2 Å². The van der Waals surface area contributed by atoms with E-state index in [0.29, 0.717) is 4.90 Å². The molecule has 26 heavy (non-hydrogen) atoms. The molecule has 0 aliphatic carbocycles. The van der Waals surface area contributed by atoms with E-state index in [2.05, 4.69) is 0 Å². The van der Waals surface area contributed by atoms with Crippen LogP contribution in [0.5, 0.6) is 0 Å². The number of ketones is 1. The van der Waals surface area contributed by atoms with Crippen molar-refractivity contribution in [3.05, 3.63) is 0 Å². The second-order valence-corrected chi connectivity index (χ2v) is 7.48. The molecule has 3 amide bonds. The minimum absolute atomic E-state index is 0.259. The molecule has 2 aliphatic heterocycles. The molecular weight excluding hydrogens is 361 g/mol. The van der Waals surface area contributed by atoms with Crippen LogP contribution in [0, 0.1) is 10.8 Å². The number of aliphatic hydroxyl groups is 2. The van der Waals surface area contributed by atoms with Gasteiger partial charge in [0.2, 0.25) is 5.41 Å². The number of carbonyl (C=O) groups is 3. The molecule has 0 aromatic rings. The number of aliphatic hydroxyl groups excluding tert-OH is 2. The van der Waals surface area contributed by atoms with E-state index in [0.717, 1.165) is 0 Å². The fourth-order valence-corrected chi connectivity index (χ4v) is 3.14.